The van der Waals surface area contributed by atoms with E-state index in [0.29, 0.717) is 17.7 Å². The van der Waals surface area contributed by atoms with Crippen LogP contribution in [-0.4, -0.2) is 51.9 Å². The van der Waals surface area contributed by atoms with Crippen LogP contribution in [0.3, 0.4) is 0 Å². The number of hydrogen-bond donors (Lipinski definition) is 1. The number of benzene rings is 2. The number of likely N-dealkylation sites (tertiary alicyclic amines) is 1. The molecule has 0 spiro atoms. The van der Waals surface area contributed by atoms with Crippen LogP contribution in [0.4, 0.5) is 4.39 Å². The van der Waals surface area contributed by atoms with Crippen molar-refractivity contribution < 1.29 is 9.18 Å². The van der Waals surface area contributed by atoms with Gasteiger partial charge in [-0.15, -0.1) is 0 Å². The number of hydrogen-bond acceptors (Lipinski definition) is 3. The predicted molar refractivity (Wildman–Crippen MR) is 137 cm³/mol. The Morgan fingerprint density at radius 3 is 2.60 bits per heavy atom. The number of fused-ring (bicyclic) bond motifs is 1. The maximum Gasteiger partial charge on any atom is 0.270 e. The number of piperidine rings is 1. The summed E-state index contributed by atoms with van der Waals surface area (Å²) < 4.78 is 13.6. The Bertz CT molecular complexity index is 1270. The first-order chi connectivity index (χ1) is 17.1. The van der Waals surface area contributed by atoms with E-state index in [1.165, 1.54) is 23.3 Å². The molecule has 4 aromatic rings. The number of carbonyl (C=O) groups is 1. The molecule has 35 heavy (non-hydrogen) atoms. The maximum absolute atomic E-state index is 13.6. The highest BCUT2D eigenvalue weighted by Gasteiger charge is 2.31. The first kappa shape index (κ1) is 23.2. The lowest BCUT2D eigenvalue weighted by atomic mass is 9.84. The van der Waals surface area contributed by atoms with Crippen LogP contribution in [0.5, 0.6) is 0 Å². The molecule has 1 amide bonds. The number of aromatic nitrogens is 2. The molecule has 1 aliphatic rings. The smallest absolute Gasteiger partial charge is 0.270 e. The average Bonchev–Trinajstić information content (AvgIpc) is 3.31. The van der Waals surface area contributed by atoms with Crippen LogP contribution in [0.15, 0.2) is 79.1 Å². The lowest BCUT2D eigenvalue weighted by Crippen LogP contribution is -2.46. The van der Waals surface area contributed by atoms with Crippen molar-refractivity contribution in [3.8, 4) is 0 Å². The lowest BCUT2D eigenvalue weighted by Gasteiger charge is -2.40. The number of pyridine rings is 1. The second-order valence-corrected chi connectivity index (χ2v) is 9.58. The Balaban J connectivity index is 1.28. The average molecular weight is 471 g/mol. The first-order valence-electron chi connectivity index (χ1n) is 12.3. The molecule has 1 atom stereocenters. The van der Waals surface area contributed by atoms with E-state index in [4.69, 9.17) is 0 Å². The Hall–Kier alpha value is -3.51. The van der Waals surface area contributed by atoms with Crippen LogP contribution in [0.2, 0.25) is 0 Å². The van der Waals surface area contributed by atoms with Crippen LogP contribution in [-0.2, 0) is 13.0 Å². The molecule has 1 fully saturated rings. The fraction of sp³-hybridized carbons (Fsp3) is 0.310. The number of carbonyl (C=O) groups excluding carboxylic acids is 1. The number of likely N-dealkylation sites (N-methyl/N-ethyl adjacent to an activating group) is 1. The highest BCUT2D eigenvalue weighted by molar-refractivity contribution is 5.98. The zero-order valence-electron chi connectivity index (χ0n) is 20.0. The van der Waals surface area contributed by atoms with E-state index in [-0.39, 0.29) is 11.7 Å². The van der Waals surface area contributed by atoms with E-state index in [0.717, 1.165) is 49.8 Å². The van der Waals surface area contributed by atoms with Crippen molar-refractivity contribution in [2.24, 2.45) is 5.92 Å². The van der Waals surface area contributed by atoms with Gasteiger partial charge in [-0.2, -0.15) is 0 Å². The second-order valence-electron chi connectivity index (χ2n) is 9.58. The summed E-state index contributed by atoms with van der Waals surface area (Å²) in [6, 6.07) is 21.4. The van der Waals surface area contributed by atoms with Gasteiger partial charge in [-0.3, -0.25) is 14.7 Å². The van der Waals surface area contributed by atoms with Crippen molar-refractivity contribution in [2.45, 2.75) is 31.8 Å². The largest absolute Gasteiger partial charge is 0.351 e. The van der Waals surface area contributed by atoms with Gasteiger partial charge in [-0.05, 0) is 73.7 Å². The predicted octanol–water partition coefficient (Wildman–Crippen LogP) is 5.30. The van der Waals surface area contributed by atoms with E-state index in [1.54, 1.807) is 18.3 Å². The third kappa shape index (κ3) is 5.43. The molecule has 2 aromatic heterocycles. The summed E-state index contributed by atoms with van der Waals surface area (Å²) in [5, 5.41) is 0.725. The normalized spacial score (nSPS) is 15.6. The molecule has 1 aliphatic heterocycles. The van der Waals surface area contributed by atoms with Gasteiger partial charge < -0.3 is 9.88 Å². The highest BCUT2D eigenvalue weighted by atomic mass is 19.1. The van der Waals surface area contributed by atoms with Gasteiger partial charge in [-0.1, -0.05) is 36.4 Å². The number of H-pyrrole nitrogens is 1. The van der Waals surface area contributed by atoms with E-state index in [2.05, 4.69) is 58.3 Å². The molecule has 1 saturated heterocycles. The van der Waals surface area contributed by atoms with Crippen LogP contribution in [0, 0.1) is 11.7 Å². The molecule has 6 heteroatoms. The van der Waals surface area contributed by atoms with Crippen molar-refractivity contribution in [1.82, 2.24) is 19.8 Å². The fourth-order valence-corrected chi connectivity index (χ4v) is 5.31. The van der Waals surface area contributed by atoms with Gasteiger partial charge in [0.25, 0.3) is 5.91 Å². The molecule has 0 bridgehead atoms. The molecule has 0 radical (unpaired) electrons. The lowest BCUT2D eigenvalue weighted by molar-refractivity contribution is 0.0598. The number of amides is 1. The standard InChI is InChI=1S/C29H31FN4O/c1-33(20-22-8-5-13-31-19-22)28(16-21-6-3-2-4-7-21)23-11-14-34(15-12-23)29(35)27-18-24-17-25(30)9-10-26(24)32-27/h2-10,13,17-19,23,28,32H,11-12,14-16,20H2,1H3. The van der Waals surface area contributed by atoms with Gasteiger partial charge >= 0.3 is 0 Å². The summed E-state index contributed by atoms with van der Waals surface area (Å²) in [5.41, 5.74) is 3.85. The third-order valence-electron chi connectivity index (χ3n) is 7.19. The number of halogens is 1. The molecule has 2 aromatic carbocycles. The van der Waals surface area contributed by atoms with E-state index < -0.39 is 0 Å². The number of aromatic amines is 1. The van der Waals surface area contributed by atoms with E-state index in [9.17, 15) is 9.18 Å². The SMILES string of the molecule is CN(Cc1cccnc1)C(Cc1ccccc1)C1CCN(C(=O)c2cc3cc(F)ccc3[nH]2)CC1. The van der Waals surface area contributed by atoms with Crippen LogP contribution < -0.4 is 0 Å². The monoisotopic (exact) mass is 470 g/mol. The molecule has 0 saturated carbocycles. The van der Waals surface area contributed by atoms with Gasteiger partial charge in [0, 0.05) is 49.0 Å². The van der Waals surface area contributed by atoms with Crippen LogP contribution in [0.25, 0.3) is 10.9 Å². The highest BCUT2D eigenvalue weighted by Crippen LogP contribution is 2.28. The summed E-state index contributed by atoms with van der Waals surface area (Å²) in [6.45, 7) is 2.29. The van der Waals surface area contributed by atoms with Gasteiger partial charge in [0.1, 0.15) is 11.5 Å². The third-order valence-corrected chi connectivity index (χ3v) is 7.19. The summed E-state index contributed by atoms with van der Waals surface area (Å²) in [7, 11) is 2.20. The zero-order valence-corrected chi connectivity index (χ0v) is 20.0. The summed E-state index contributed by atoms with van der Waals surface area (Å²) in [4.78, 5) is 25.0. The van der Waals surface area contributed by atoms with Crippen molar-refractivity contribution in [3.63, 3.8) is 0 Å². The van der Waals surface area contributed by atoms with Crippen molar-refractivity contribution in [3.05, 3.63) is 102 Å². The minimum atomic E-state index is -0.295. The fourth-order valence-electron chi connectivity index (χ4n) is 5.31. The maximum atomic E-state index is 13.6. The minimum absolute atomic E-state index is 0.0108. The molecule has 1 N–H and O–H groups in total. The van der Waals surface area contributed by atoms with Crippen LogP contribution >= 0.6 is 0 Å². The van der Waals surface area contributed by atoms with Gasteiger partial charge in [0.15, 0.2) is 0 Å². The first-order valence-corrected chi connectivity index (χ1v) is 12.3. The summed E-state index contributed by atoms with van der Waals surface area (Å²) in [5.74, 6) is 0.178. The summed E-state index contributed by atoms with van der Waals surface area (Å²) in [6.07, 6.45) is 6.62. The van der Waals surface area contributed by atoms with Crippen molar-refractivity contribution >= 4 is 16.8 Å². The molecular weight excluding hydrogens is 439 g/mol. The number of nitrogens with zero attached hydrogens (tertiary/aromatic N) is 3. The molecule has 180 valence electrons. The molecule has 1 unspecified atom stereocenters. The van der Waals surface area contributed by atoms with Crippen LogP contribution in [0.1, 0.15) is 34.5 Å². The Morgan fingerprint density at radius 1 is 1.09 bits per heavy atom. The Kier molecular flexibility index (Phi) is 6.91. The quantitative estimate of drug-likeness (QED) is 0.399. The minimum Gasteiger partial charge on any atom is -0.351 e. The van der Waals surface area contributed by atoms with Gasteiger partial charge in [0.05, 0.1) is 0 Å². The van der Waals surface area contributed by atoms with E-state index in [1.807, 2.05) is 17.2 Å². The van der Waals surface area contributed by atoms with Crippen molar-refractivity contribution in [1.29, 1.82) is 0 Å². The molecule has 5 nitrogen and oxygen atoms in total. The van der Waals surface area contributed by atoms with E-state index >= 15 is 0 Å². The Labute approximate surface area is 205 Å². The topological polar surface area (TPSA) is 52.2 Å². The van der Waals surface area contributed by atoms with Crippen molar-refractivity contribution in [2.75, 3.05) is 20.1 Å². The second kappa shape index (κ2) is 10.4. The molecule has 3 heterocycles. The molecule has 5 rings (SSSR count). The van der Waals surface area contributed by atoms with Gasteiger partial charge in [-0.25, -0.2) is 4.39 Å². The number of nitrogens with one attached hydrogen (secondary N) is 1. The molecular formula is C29H31FN4O. The summed E-state index contributed by atoms with van der Waals surface area (Å²) >= 11 is 0. The Morgan fingerprint density at radius 2 is 1.86 bits per heavy atom. The zero-order chi connectivity index (χ0) is 24.2. The van der Waals surface area contributed by atoms with Gasteiger partial charge in [0.2, 0.25) is 0 Å². The molecule has 0 aliphatic carbocycles. The number of rotatable bonds is 7.